The molecule has 0 radical (unpaired) electrons. The first-order chi connectivity index (χ1) is 22.5. The fourth-order valence-corrected chi connectivity index (χ4v) is 9.38. The third kappa shape index (κ3) is 10.3. The summed E-state index contributed by atoms with van der Waals surface area (Å²) in [4.78, 5) is 77.3. The number of ether oxygens (including phenoxy) is 2. The topological polar surface area (TPSA) is 382 Å². The molecule has 49 heavy (non-hydrogen) atoms. The molecule has 2 saturated heterocycles. The van der Waals surface area contributed by atoms with Crippen molar-refractivity contribution in [1.29, 1.82) is 0 Å². The summed E-state index contributed by atoms with van der Waals surface area (Å²) in [5.41, 5.74) is -1.56. The van der Waals surface area contributed by atoms with E-state index in [2.05, 4.69) is 27.3 Å². The summed E-state index contributed by atoms with van der Waals surface area (Å²) in [5.74, 6) is 0. The fourth-order valence-electron chi connectivity index (χ4n) is 4.43. The van der Waals surface area contributed by atoms with Crippen LogP contribution in [0, 0.1) is 0 Å². The van der Waals surface area contributed by atoms with E-state index < -0.39 is 111 Å². The summed E-state index contributed by atoms with van der Waals surface area (Å²) >= 11 is 0. The highest BCUT2D eigenvalue weighted by Gasteiger charge is 2.49. The Kier molecular flexibility index (Phi) is 12.1. The van der Waals surface area contributed by atoms with Crippen LogP contribution in [-0.4, -0.2) is 117 Å². The van der Waals surface area contributed by atoms with Gasteiger partial charge in [0.2, 0.25) is 0 Å². The van der Waals surface area contributed by atoms with Gasteiger partial charge in [0, 0.05) is 24.9 Å². The van der Waals surface area contributed by atoms with E-state index in [-0.39, 0.29) is 6.42 Å². The predicted octanol–water partition coefficient (Wildman–Crippen LogP) is -2.64. The zero-order chi connectivity index (χ0) is 36.7. The number of carbonyl (C=O) groups excluding carboxylic acids is 1. The van der Waals surface area contributed by atoms with Gasteiger partial charge in [-0.05, 0) is 12.5 Å². The van der Waals surface area contributed by atoms with Gasteiger partial charge in [-0.15, -0.1) is 0 Å². The molecule has 3 aliphatic rings. The lowest BCUT2D eigenvalue weighted by atomic mass is 10.1. The molecular formula is C19H30N4O22P4. The Hall–Kier alpha value is -1.99. The smallest absolute Gasteiger partial charge is 0.390 e. The van der Waals surface area contributed by atoms with Gasteiger partial charge < -0.3 is 54.8 Å². The number of hydrogen-bond donors (Lipinski definition) is 10. The number of aromatic amines is 1. The van der Waals surface area contributed by atoms with E-state index in [4.69, 9.17) is 9.47 Å². The molecule has 3 aliphatic heterocycles. The van der Waals surface area contributed by atoms with Gasteiger partial charge in [-0.1, -0.05) is 0 Å². The fraction of sp³-hybridized carbons (Fsp3) is 0.632. The number of carbonyl (C=O) groups is 1. The summed E-state index contributed by atoms with van der Waals surface area (Å²) in [6, 6.07) is 0.0691. The molecule has 30 heteroatoms. The molecule has 4 rings (SSSR count). The summed E-state index contributed by atoms with van der Waals surface area (Å²) in [5, 5.41) is 42.5. The molecule has 1 aromatic rings. The van der Waals surface area contributed by atoms with Crippen LogP contribution >= 0.6 is 31.3 Å². The van der Waals surface area contributed by atoms with Crippen molar-refractivity contribution in [2.24, 2.45) is 0 Å². The minimum absolute atomic E-state index is 0.254. The zero-order valence-electron chi connectivity index (χ0n) is 24.4. The second-order valence-corrected chi connectivity index (χ2v) is 16.6. The number of aliphatic hydroxyl groups excluding tert-OH is 4. The summed E-state index contributed by atoms with van der Waals surface area (Å²) < 4.78 is 80.5. The zero-order valence-corrected chi connectivity index (χ0v) is 28.0. The van der Waals surface area contributed by atoms with Gasteiger partial charge in [0.05, 0.1) is 19.3 Å². The Morgan fingerprint density at radius 1 is 0.837 bits per heavy atom. The summed E-state index contributed by atoms with van der Waals surface area (Å²) in [6.45, 7) is -0.744. The van der Waals surface area contributed by atoms with Crippen molar-refractivity contribution in [3.05, 3.63) is 44.9 Å². The van der Waals surface area contributed by atoms with Crippen molar-refractivity contribution in [2.45, 2.75) is 62.5 Å². The predicted molar refractivity (Wildman–Crippen MR) is 151 cm³/mol. The number of H-pyrrole nitrogens is 1. The van der Waals surface area contributed by atoms with Crippen LogP contribution in [0.15, 0.2) is 33.6 Å². The van der Waals surface area contributed by atoms with Crippen molar-refractivity contribution in [2.75, 3.05) is 13.2 Å². The number of phosphoric ester groups is 2. The van der Waals surface area contributed by atoms with Crippen molar-refractivity contribution in [1.82, 2.24) is 19.8 Å². The summed E-state index contributed by atoms with van der Waals surface area (Å²) in [7, 11) is -23.9. The molecule has 2 fully saturated rings. The lowest BCUT2D eigenvalue weighted by Crippen LogP contribution is -2.51. The molecule has 26 nitrogen and oxygen atoms in total. The van der Waals surface area contributed by atoms with Crippen LogP contribution in [0.2, 0.25) is 0 Å². The molecule has 12 atom stereocenters. The Morgan fingerprint density at radius 3 is 1.96 bits per heavy atom. The van der Waals surface area contributed by atoms with Gasteiger partial charge in [0.25, 0.3) is 5.56 Å². The van der Waals surface area contributed by atoms with Gasteiger partial charge in [0.1, 0.15) is 30.6 Å². The maximum absolute atomic E-state index is 12.3. The third-order valence-electron chi connectivity index (χ3n) is 6.67. The highest BCUT2D eigenvalue weighted by atomic mass is 31.3. The molecule has 0 aliphatic carbocycles. The Balaban J connectivity index is 1.28. The largest absolute Gasteiger partial charge is 0.490 e. The van der Waals surface area contributed by atoms with Crippen molar-refractivity contribution in [3.8, 4) is 0 Å². The molecular weight excluding hydrogens is 760 g/mol. The molecule has 1 aromatic heterocycles. The van der Waals surface area contributed by atoms with E-state index in [1.165, 1.54) is 13.1 Å². The molecule has 0 aromatic carbocycles. The number of rotatable bonds is 14. The van der Waals surface area contributed by atoms with E-state index in [1.54, 1.807) is 0 Å². The molecule has 0 saturated carbocycles. The lowest BCUT2D eigenvalue weighted by molar-refractivity contribution is -0.0552. The molecule has 0 spiro atoms. The van der Waals surface area contributed by atoms with Crippen LogP contribution in [0.4, 0.5) is 4.79 Å². The van der Waals surface area contributed by atoms with E-state index in [1.807, 2.05) is 4.98 Å². The van der Waals surface area contributed by atoms with Crippen molar-refractivity contribution < 1.29 is 94.5 Å². The van der Waals surface area contributed by atoms with Gasteiger partial charge in [0.15, 0.2) is 12.5 Å². The maximum Gasteiger partial charge on any atom is 0.490 e. The van der Waals surface area contributed by atoms with Crippen LogP contribution in [0.3, 0.4) is 0 Å². The molecule has 2 amide bonds. The van der Waals surface area contributed by atoms with Crippen LogP contribution in [0.5, 0.6) is 0 Å². The van der Waals surface area contributed by atoms with E-state index >= 15 is 0 Å². The number of amides is 2. The molecule has 0 bridgehead atoms. The number of aromatic nitrogens is 2. The first-order valence-corrected chi connectivity index (χ1v) is 19.3. The quantitative estimate of drug-likeness (QED) is 0.0861. The molecule has 278 valence electrons. The van der Waals surface area contributed by atoms with Crippen molar-refractivity contribution >= 4 is 37.3 Å². The van der Waals surface area contributed by atoms with Crippen LogP contribution in [0.25, 0.3) is 0 Å². The standard InChI is InChI=1S/C19H30N4O22P4/c1-8-5-23(19(30)21-16(8)28)13-4-9(24)10(41-13)6-39-46(31,32)43-48(35,36)45-49(37,38)44-47(33,34)40-7-11-14(26)15(27)17(42-11)22-3-2-12(25)20-18(22)29/h2-3,5,9-11,13-17,24,26-28H,4,6-7H2,1H3,(H,21,30)(H,31,32)(H,33,34)(H,35,36)(H,37,38)(H,20,25,29)/t9-,10+,11+,13-,14+,15+,16?,17-/m0/s1. The Labute approximate surface area is 272 Å². The first kappa shape index (κ1) is 39.8. The highest BCUT2D eigenvalue weighted by molar-refractivity contribution is 7.69. The normalized spacial score (nSPS) is 33.9. The minimum Gasteiger partial charge on any atom is -0.390 e. The number of aliphatic hydroxyl groups is 4. The average molecular weight is 790 g/mol. The minimum atomic E-state index is -6.20. The van der Waals surface area contributed by atoms with Gasteiger partial charge >= 0.3 is 43.0 Å². The summed E-state index contributed by atoms with van der Waals surface area (Å²) in [6.07, 6.45) is -10.6. The number of urea groups is 1. The number of hydrogen-bond acceptors (Lipinski definition) is 18. The van der Waals surface area contributed by atoms with Gasteiger partial charge in [-0.3, -0.25) is 28.3 Å². The second kappa shape index (κ2) is 14.9. The van der Waals surface area contributed by atoms with Crippen LogP contribution in [0.1, 0.15) is 19.6 Å². The second-order valence-electron chi connectivity index (χ2n) is 10.3. The first-order valence-electron chi connectivity index (χ1n) is 13.3. The third-order valence-corrected chi connectivity index (χ3v) is 12.6. The van der Waals surface area contributed by atoms with Gasteiger partial charge in [-0.2, -0.15) is 12.9 Å². The van der Waals surface area contributed by atoms with Crippen LogP contribution in [-0.2, 0) is 49.7 Å². The van der Waals surface area contributed by atoms with Crippen molar-refractivity contribution in [3.63, 3.8) is 0 Å². The maximum atomic E-state index is 12.3. The molecule has 10 N–H and O–H groups in total. The Bertz CT molecular complexity index is 1750. The SMILES string of the molecule is CC1=CN([C@@H]2C[C@H](O)[C@@H](COP(=O)(O)OP(=O)(O)OP(=O)(O)OP(=O)(O)OC[C@H]3O[C@H](n4ccc(=O)[nH]c4=O)[C@H](O)[C@@H]3O)O2)C(=O)NC1O. The average Bonchev–Trinajstić information content (AvgIpc) is 3.45. The number of phosphoric acid groups is 4. The molecule has 5 unspecified atom stereocenters. The van der Waals surface area contributed by atoms with Gasteiger partial charge in [-0.25, -0.2) is 27.8 Å². The van der Waals surface area contributed by atoms with E-state index in [0.29, 0.717) is 10.1 Å². The highest BCUT2D eigenvalue weighted by Crippen LogP contribution is 2.71. The number of nitrogens with one attached hydrogen (secondary N) is 2. The monoisotopic (exact) mass is 790 g/mol. The molecule has 4 heterocycles. The van der Waals surface area contributed by atoms with E-state index in [9.17, 15) is 72.6 Å². The van der Waals surface area contributed by atoms with Crippen LogP contribution < -0.4 is 16.6 Å². The Morgan fingerprint density at radius 2 is 1.39 bits per heavy atom. The number of nitrogens with zero attached hydrogens (tertiary/aromatic N) is 2. The lowest BCUT2D eigenvalue weighted by Gasteiger charge is -2.32. The van der Waals surface area contributed by atoms with E-state index in [0.717, 1.165) is 17.2 Å².